The fourth-order valence-corrected chi connectivity index (χ4v) is 5.38. The second-order valence-electron chi connectivity index (χ2n) is 5.99. The highest BCUT2D eigenvalue weighted by Crippen LogP contribution is 2.30. The smallest absolute Gasteiger partial charge is 0.250 e. The molecule has 4 aromatic rings. The number of rotatable bonds is 7. The van der Waals surface area contributed by atoms with Crippen molar-refractivity contribution < 1.29 is 8.42 Å². The molecule has 11 heteroatoms. The number of thiophene rings is 1. The molecule has 2 N–H and O–H groups in total. The van der Waals surface area contributed by atoms with E-state index in [2.05, 4.69) is 36.1 Å². The first-order chi connectivity index (χ1) is 14.0. The van der Waals surface area contributed by atoms with Gasteiger partial charge in [0.05, 0.1) is 16.4 Å². The Morgan fingerprint density at radius 1 is 1.17 bits per heavy atom. The molecule has 150 valence electrons. The Hall–Kier alpha value is -1.98. The fraction of sp³-hybridized carbons (Fsp3) is 0.111. The van der Waals surface area contributed by atoms with Gasteiger partial charge in [0, 0.05) is 29.7 Å². The van der Waals surface area contributed by atoms with Crippen molar-refractivity contribution in [3.8, 4) is 11.3 Å². The molecule has 0 saturated heterocycles. The number of fused-ring (bicyclic) bond motifs is 1. The molecule has 3 heterocycles. The van der Waals surface area contributed by atoms with E-state index in [-0.39, 0.29) is 6.54 Å². The van der Waals surface area contributed by atoms with Gasteiger partial charge in [-0.2, -0.15) is 9.61 Å². The summed E-state index contributed by atoms with van der Waals surface area (Å²) in [5.74, 6) is 0.672. The predicted octanol–water partition coefficient (Wildman–Crippen LogP) is 4.26. The highest BCUT2D eigenvalue weighted by atomic mass is 79.9. The number of halogens is 2. The normalized spacial score (nSPS) is 11.8. The number of nitrogens with one attached hydrogen (secondary N) is 2. The Bertz CT molecular complexity index is 1260. The molecule has 0 aliphatic rings. The van der Waals surface area contributed by atoms with Crippen molar-refractivity contribution in [1.29, 1.82) is 0 Å². The number of aromatic nitrogens is 3. The van der Waals surface area contributed by atoms with Crippen molar-refractivity contribution in [1.82, 2.24) is 19.3 Å². The van der Waals surface area contributed by atoms with Crippen LogP contribution < -0.4 is 10.0 Å². The van der Waals surface area contributed by atoms with E-state index >= 15 is 0 Å². The average molecular weight is 513 g/mol. The van der Waals surface area contributed by atoms with Crippen LogP contribution in [0.15, 0.2) is 62.7 Å². The average Bonchev–Trinajstić information content (AvgIpc) is 3.37. The Morgan fingerprint density at radius 2 is 2.00 bits per heavy atom. The minimum Gasteiger partial charge on any atom is -0.369 e. The molecular weight excluding hydrogens is 498 g/mol. The molecule has 0 saturated carbocycles. The van der Waals surface area contributed by atoms with E-state index in [1.54, 1.807) is 34.3 Å². The highest BCUT2D eigenvalue weighted by molar-refractivity contribution is 9.10. The van der Waals surface area contributed by atoms with Crippen molar-refractivity contribution in [3.63, 3.8) is 0 Å². The van der Waals surface area contributed by atoms with E-state index in [1.807, 2.05) is 24.3 Å². The SMILES string of the molecule is O=S(=O)(NCCNc1cc(-c2ccccc2Cl)nc2c(Br)cnn12)c1cccs1. The number of benzene rings is 1. The third-order valence-corrected chi connectivity index (χ3v) is 7.81. The van der Waals surface area contributed by atoms with Gasteiger partial charge < -0.3 is 5.32 Å². The van der Waals surface area contributed by atoms with Crippen molar-refractivity contribution in [2.24, 2.45) is 0 Å². The minimum absolute atomic E-state index is 0.216. The molecule has 3 aromatic heterocycles. The molecular formula is C18H15BrClN5O2S2. The first-order valence-electron chi connectivity index (χ1n) is 8.52. The summed E-state index contributed by atoms with van der Waals surface area (Å²) in [6.07, 6.45) is 1.66. The van der Waals surface area contributed by atoms with Gasteiger partial charge in [-0.05, 0) is 33.4 Å². The quantitative estimate of drug-likeness (QED) is 0.361. The van der Waals surface area contributed by atoms with E-state index in [0.717, 1.165) is 10.0 Å². The lowest BCUT2D eigenvalue weighted by Crippen LogP contribution is -2.28. The maximum Gasteiger partial charge on any atom is 0.250 e. The van der Waals surface area contributed by atoms with Gasteiger partial charge in [0.25, 0.3) is 0 Å². The van der Waals surface area contributed by atoms with E-state index in [1.165, 1.54) is 11.3 Å². The van der Waals surface area contributed by atoms with Crippen LogP contribution in [0.3, 0.4) is 0 Å². The number of hydrogen-bond acceptors (Lipinski definition) is 6. The van der Waals surface area contributed by atoms with Crippen molar-refractivity contribution in [2.45, 2.75) is 4.21 Å². The summed E-state index contributed by atoms with van der Waals surface area (Å²) in [5, 5.41) is 9.86. The number of hydrogen-bond donors (Lipinski definition) is 2. The highest BCUT2D eigenvalue weighted by Gasteiger charge is 2.15. The van der Waals surface area contributed by atoms with Crippen LogP contribution in [0.2, 0.25) is 5.02 Å². The zero-order valence-electron chi connectivity index (χ0n) is 14.8. The lowest BCUT2D eigenvalue weighted by molar-refractivity contribution is 0.585. The summed E-state index contributed by atoms with van der Waals surface area (Å²) in [6.45, 7) is 0.580. The molecule has 0 unspecified atom stereocenters. The van der Waals surface area contributed by atoms with E-state index in [0.29, 0.717) is 32.9 Å². The van der Waals surface area contributed by atoms with Crippen LogP contribution in [-0.2, 0) is 10.0 Å². The zero-order chi connectivity index (χ0) is 20.4. The number of anilines is 1. The summed E-state index contributed by atoms with van der Waals surface area (Å²) in [4.78, 5) is 4.65. The third-order valence-electron chi connectivity index (χ3n) is 4.06. The summed E-state index contributed by atoms with van der Waals surface area (Å²) in [6, 6.07) is 12.6. The molecule has 0 amide bonds. The zero-order valence-corrected chi connectivity index (χ0v) is 18.8. The lowest BCUT2D eigenvalue weighted by atomic mass is 10.1. The largest absolute Gasteiger partial charge is 0.369 e. The van der Waals surface area contributed by atoms with Crippen molar-refractivity contribution in [2.75, 3.05) is 18.4 Å². The Kier molecular flexibility index (Phi) is 5.88. The van der Waals surface area contributed by atoms with Crippen LogP contribution in [-0.4, -0.2) is 36.1 Å². The van der Waals surface area contributed by atoms with E-state index in [4.69, 9.17) is 11.6 Å². The summed E-state index contributed by atoms with van der Waals surface area (Å²) in [7, 11) is -3.50. The van der Waals surface area contributed by atoms with Crippen molar-refractivity contribution in [3.05, 3.63) is 63.5 Å². The first-order valence-corrected chi connectivity index (χ1v) is 12.1. The van der Waals surface area contributed by atoms with Gasteiger partial charge in [0.2, 0.25) is 10.0 Å². The molecule has 4 rings (SSSR count). The van der Waals surface area contributed by atoms with Crippen LogP contribution in [0.1, 0.15) is 0 Å². The molecule has 0 fully saturated rings. The molecule has 0 radical (unpaired) electrons. The van der Waals surface area contributed by atoms with Crippen LogP contribution in [0, 0.1) is 0 Å². The van der Waals surface area contributed by atoms with Gasteiger partial charge in [-0.3, -0.25) is 0 Å². The Balaban J connectivity index is 1.56. The summed E-state index contributed by atoms with van der Waals surface area (Å²) < 4.78 is 29.7. The molecule has 0 spiro atoms. The van der Waals surface area contributed by atoms with Gasteiger partial charge in [0.1, 0.15) is 10.0 Å². The van der Waals surface area contributed by atoms with Crippen molar-refractivity contribution >= 4 is 60.4 Å². The van der Waals surface area contributed by atoms with E-state index < -0.39 is 10.0 Å². The standard InChI is InChI=1S/C18H15BrClN5O2S2/c19-13-11-22-25-16(21-7-8-23-29(26,27)17-6-3-9-28-17)10-15(24-18(13)25)12-4-1-2-5-14(12)20/h1-6,9-11,21,23H,7-8H2. The van der Waals surface area contributed by atoms with Gasteiger partial charge in [-0.25, -0.2) is 18.1 Å². The van der Waals surface area contributed by atoms with Crippen LogP contribution in [0.25, 0.3) is 16.9 Å². The third kappa shape index (κ3) is 4.31. The molecule has 0 aliphatic heterocycles. The molecule has 7 nitrogen and oxygen atoms in total. The molecule has 0 atom stereocenters. The van der Waals surface area contributed by atoms with Crippen LogP contribution in [0.4, 0.5) is 5.82 Å². The second-order valence-corrected chi connectivity index (χ2v) is 10.2. The monoisotopic (exact) mass is 511 g/mol. The maximum absolute atomic E-state index is 12.2. The topological polar surface area (TPSA) is 88.4 Å². The lowest BCUT2D eigenvalue weighted by Gasteiger charge is -2.12. The maximum atomic E-state index is 12.2. The van der Waals surface area contributed by atoms with Crippen LogP contribution >= 0.6 is 38.9 Å². The van der Waals surface area contributed by atoms with Gasteiger partial charge >= 0.3 is 0 Å². The van der Waals surface area contributed by atoms with Gasteiger partial charge in [0.15, 0.2) is 5.65 Å². The summed E-state index contributed by atoms with van der Waals surface area (Å²) >= 11 is 11.0. The molecule has 0 bridgehead atoms. The minimum atomic E-state index is -3.50. The molecule has 0 aliphatic carbocycles. The van der Waals surface area contributed by atoms with E-state index in [9.17, 15) is 8.42 Å². The van der Waals surface area contributed by atoms with Crippen LogP contribution in [0.5, 0.6) is 0 Å². The number of nitrogens with zero attached hydrogens (tertiary/aromatic N) is 3. The Labute approximate surface area is 184 Å². The fourth-order valence-electron chi connectivity index (χ4n) is 2.73. The predicted molar refractivity (Wildman–Crippen MR) is 119 cm³/mol. The Morgan fingerprint density at radius 3 is 2.76 bits per heavy atom. The summed E-state index contributed by atoms with van der Waals surface area (Å²) in [5.41, 5.74) is 2.11. The molecule has 29 heavy (non-hydrogen) atoms. The molecule has 1 aromatic carbocycles. The van der Waals surface area contributed by atoms with Gasteiger partial charge in [-0.15, -0.1) is 11.3 Å². The van der Waals surface area contributed by atoms with Gasteiger partial charge in [-0.1, -0.05) is 35.9 Å². The number of sulfonamides is 1. The second kappa shape index (κ2) is 8.41. The first kappa shape index (κ1) is 20.3.